The summed E-state index contributed by atoms with van der Waals surface area (Å²) in [4.78, 5) is 26.1. The molecule has 1 N–H and O–H groups in total. The van der Waals surface area contributed by atoms with Crippen LogP contribution < -0.4 is 5.32 Å². The van der Waals surface area contributed by atoms with Gasteiger partial charge in [0.1, 0.15) is 0 Å². The molecule has 0 bridgehead atoms. The van der Waals surface area contributed by atoms with Crippen molar-refractivity contribution < 1.29 is 18.0 Å². The highest BCUT2D eigenvalue weighted by atomic mass is 32.2. The smallest absolute Gasteiger partial charge is 0.243 e. The van der Waals surface area contributed by atoms with Crippen molar-refractivity contribution in [3.63, 3.8) is 0 Å². The van der Waals surface area contributed by atoms with Gasteiger partial charge in [-0.1, -0.05) is 6.07 Å². The second-order valence-electron chi connectivity index (χ2n) is 6.29. The average Bonchev–Trinajstić information content (AvgIpc) is 3.17. The van der Waals surface area contributed by atoms with Crippen LogP contribution in [0.1, 0.15) is 16.6 Å². The lowest BCUT2D eigenvalue weighted by molar-refractivity contribution is -0.114. The van der Waals surface area contributed by atoms with Crippen LogP contribution in [0.25, 0.3) is 0 Å². The third-order valence-electron chi connectivity index (χ3n) is 4.31. The summed E-state index contributed by atoms with van der Waals surface area (Å²) in [5.74, 6) is -0.145. The van der Waals surface area contributed by atoms with Crippen LogP contribution in [-0.2, 0) is 14.8 Å². The highest BCUT2D eigenvalue weighted by molar-refractivity contribution is 7.89. The summed E-state index contributed by atoms with van der Waals surface area (Å²) < 4.78 is 27.0. The van der Waals surface area contributed by atoms with Crippen molar-refractivity contribution in [2.45, 2.75) is 11.8 Å². The van der Waals surface area contributed by atoms with E-state index in [0.717, 1.165) is 4.88 Å². The number of ketones is 1. The van der Waals surface area contributed by atoms with E-state index in [4.69, 9.17) is 0 Å². The Morgan fingerprint density at radius 3 is 2.30 bits per heavy atom. The Morgan fingerprint density at radius 1 is 1.07 bits per heavy atom. The lowest BCUT2D eigenvalue weighted by Crippen LogP contribution is -2.49. The summed E-state index contributed by atoms with van der Waals surface area (Å²) >= 11 is 1.42. The van der Waals surface area contributed by atoms with Gasteiger partial charge in [-0.05, 0) is 35.7 Å². The van der Waals surface area contributed by atoms with Crippen LogP contribution in [0.4, 0.5) is 5.69 Å². The molecule has 1 aromatic heterocycles. The van der Waals surface area contributed by atoms with E-state index >= 15 is 0 Å². The lowest BCUT2D eigenvalue weighted by Gasteiger charge is -2.33. The predicted octanol–water partition coefficient (Wildman–Crippen LogP) is 1.90. The number of benzene rings is 1. The topological polar surface area (TPSA) is 86.8 Å². The first-order valence-electron chi connectivity index (χ1n) is 8.53. The van der Waals surface area contributed by atoms with E-state index in [2.05, 4.69) is 5.32 Å². The van der Waals surface area contributed by atoms with Crippen molar-refractivity contribution in [2.24, 2.45) is 0 Å². The quantitative estimate of drug-likeness (QED) is 0.739. The third kappa shape index (κ3) is 4.81. The zero-order valence-electron chi connectivity index (χ0n) is 14.9. The number of Topliss-reactive ketones (excluding diaryl/α,β-unsaturated/α-hetero) is 1. The van der Waals surface area contributed by atoms with Gasteiger partial charge in [0.05, 0.1) is 16.3 Å². The van der Waals surface area contributed by atoms with Crippen LogP contribution in [0.5, 0.6) is 0 Å². The first-order valence-corrected chi connectivity index (χ1v) is 10.8. The van der Waals surface area contributed by atoms with Crippen molar-refractivity contribution in [2.75, 3.05) is 38.0 Å². The van der Waals surface area contributed by atoms with Gasteiger partial charge in [-0.15, -0.1) is 11.3 Å². The Hall–Kier alpha value is -2.07. The number of nitrogens with zero attached hydrogens (tertiary/aromatic N) is 2. The number of anilines is 1. The summed E-state index contributed by atoms with van der Waals surface area (Å²) in [6, 6.07) is 9.78. The Bertz CT molecular complexity index is 901. The molecule has 1 aliphatic heterocycles. The summed E-state index contributed by atoms with van der Waals surface area (Å²) in [5, 5.41) is 4.48. The Balaban J connectivity index is 1.59. The predicted molar refractivity (Wildman–Crippen MR) is 105 cm³/mol. The van der Waals surface area contributed by atoms with Crippen LogP contribution in [-0.4, -0.2) is 62.0 Å². The molecule has 0 atom stereocenters. The number of thiophene rings is 1. The number of rotatable bonds is 6. The number of hydrogen-bond donors (Lipinski definition) is 1. The molecule has 0 saturated carbocycles. The molecule has 0 aliphatic carbocycles. The fourth-order valence-electron chi connectivity index (χ4n) is 2.91. The fourth-order valence-corrected chi connectivity index (χ4v) is 4.99. The van der Waals surface area contributed by atoms with Crippen LogP contribution >= 0.6 is 11.3 Å². The summed E-state index contributed by atoms with van der Waals surface area (Å²) in [6.07, 6.45) is 0. The molecule has 144 valence electrons. The molecule has 1 fully saturated rings. The van der Waals surface area contributed by atoms with Gasteiger partial charge < -0.3 is 5.32 Å². The van der Waals surface area contributed by atoms with Gasteiger partial charge in [-0.3, -0.25) is 14.5 Å². The highest BCUT2D eigenvalue weighted by Gasteiger charge is 2.29. The van der Waals surface area contributed by atoms with Gasteiger partial charge in [0.15, 0.2) is 5.78 Å². The SMILES string of the molecule is CC(=O)Nc1ccc(S(=O)(=O)N2CCN(CC(=O)c3cccs3)CC2)cc1. The van der Waals surface area contributed by atoms with E-state index in [-0.39, 0.29) is 16.6 Å². The Morgan fingerprint density at radius 2 is 1.74 bits per heavy atom. The number of hydrogen-bond acceptors (Lipinski definition) is 6. The van der Waals surface area contributed by atoms with Crippen LogP contribution in [0.2, 0.25) is 0 Å². The van der Waals surface area contributed by atoms with Gasteiger partial charge in [0.2, 0.25) is 15.9 Å². The zero-order valence-corrected chi connectivity index (χ0v) is 16.6. The highest BCUT2D eigenvalue weighted by Crippen LogP contribution is 2.20. The van der Waals surface area contributed by atoms with E-state index < -0.39 is 10.0 Å². The Labute approximate surface area is 162 Å². The first kappa shape index (κ1) is 19.7. The van der Waals surface area contributed by atoms with Gasteiger partial charge in [0.25, 0.3) is 0 Å². The number of piperazine rings is 1. The van der Waals surface area contributed by atoms with E-state index in [1.54, 1.807) is 18.2 Å². The Kier molecular flexibility index (Phi) is 6.05. The molecule has 7 nitrogen and oxygen atoms in total. The maximum Gasteiger partial charge on any atom is 0.243 e. The normalized spacial score (nSPS) is 16.2. The molecule has 1 amide bonds. The van der Waals surface area contributed by atoms with Crippen LogP contribution in [0, 0.1) is 0 Å². The number of sulfonamides is 1. The van der Waals surface area contributed by atoms with Crippen molar-refractivity contribution in [1.29, 1.82) is 0 Å². The third-order valence-corrected chi connectivity index (χ3v) is 7.13. The van der Waals surface area contributed by atoms with Crippen molar-refractivity contribution in [3.05, 3.63) is 46.7 Å². The fraction of sp³-hybridized carbons (Fsp3) is 0.333. The van der Waals surface area contributed by atoms with E-state index in [9.17, 15) is 18.0 Å². The molecule has 0 spiro atoms. The van der Waals surface area contributed by atoms with Crippen molar-refractivity contribution >= 4 is 38.7 Å². The largest absolute Gasteiger partial charge is 0.326 e. The standard InChI is InChI=1S/C18H21N3O4S2/c1-14(22)19-15-4-6-16(7-5-15)27(24,25)21-10-8-20(9-11-21)13-17(23)18-3-2-12-26-18/h2-7,12H,8-11,13H2,1H3,(H,19,22). The molecule has 27 heavy (non-hydrogen) atoms. The summed E-state index contributed by atoms with van der Waals surface area (Å²) in [6.45, 7) is 3.41. The second-order valence-corrected chi connectivity index (χ2v) is 9.17. The average molecular weight is 408 g/mol. The molecule has 1 aliphatic rings. The van der Waals surface area contributed by atoms with Gasteiger partial charge in [-0.25, -0.2) is 8.42 Å². The van der Waals surface area contributed by atoms with Crippen LogP contribution in [0.3, 0.4) is 0 Å². The number of carbonyl (C=O) groups excluding carboxylic acids is 2. The van der Waals surface area contributed by atoms with Crippen LogP contribution in [0.15, 0.2) is 46.7 Å². The zero-order chi connectivity index (χ0) is 19.4. The minimum absolute atomic E-state index is 0.0647. The molecule has 1 aromatic carbocycles. The first-order chi connectivity index (χ1) is 12.9. The monoisotopic (exact) mass is 407 g/mol. The molecule has 2 heterocycles. The van der Waals surface area contributed by atoms with E-state index in [1.807, 2.05) is 16.3 Å². The van der Waals surface area contributed by atoms with E-state index in [0.29, 0.717) is 38.4 Å². The molecule has 1 saturated heterocycles. The minimum atomic E-state index is -3.59. The molecule has 9 heteroatoms. The number of carbonyl (C=O) groups is 2. The van der Waals surface area contributed by atoms with Gasteiger partial charge in [0, 0.05) is 38.8 Å². The molecule has 0 unspecified atom stereocenters. The molecular weight excluding hydrogens is 386 g/mol. The molecule has 2 aromatic rings. The van der Waals surface area contributed by atoms with Gasteiger partial charge in [-0.2, -0.15) is 4.31 Å². The van der Waals surface area contributed by atoms with E-state index in [1.165, 1.54) is 34.7 Å². The molecule has 3 rings (SSSR count). The maximum absolute atomic E-state index is 12.8. The van der Waals surface area contributed by atoms with Crippen molar-refractivity contribution in [3.8, 4) is 0 Å². The summed E-state index contributed by atoms with van der Waals surface area (Å²) in [7, 11) is -3.59. The lowest BCUT2D eigenvalue weighted by atomic mass is 10.2. The number of nitrogens with one attached hydrogen (secondary N) is 1. The number of amides is 1. The molecule has 0 radical (unpaired) electrons. The molecular formula is C18H21N3O4S2. The maximum atomic E-state index is 12.8. The van der Waals surface area contributed by atoms with Crippen molar-refractivity contribution in [1.82, 2.24) is 9.21 Å². The minimum Gasteiger partial charge on any atom is -0.326 e. The second kappa shape index (κ2) is 8.30. The van der Waals surface area contributed by atoms with Gasteiger partial charge >= 0.3 is 0 Å². The summed E-state index contributed by atoms with van der Waals surface area (Å²) in [5.41, 5.74) is 0.554.